The Morgan fingerprint density at radius 1 is 1.16 bits per heavy atom. The van der Waals surface area contributed by atoms with Crippen LogP contribution < -0.4 is 5.32 Å². The summed E-state index contributed by atoms with van der Waals surface area (Å²) in [5, 5.41) is 14.2. The molecule has 0 amide bonds. The van der Waals surface area contributed by atoms with Crippen molar-refractivity contribution < 1.29 is 9.90 Å². The molecule has 0 fully saturated rings. The van der Waals surface area contributed by atoms with Crippen molar-refractivity contribution in [3.63, 3.8) is 0 Å². The number of fused-ring (bicyclic) bond motifs is 1. The number of carbonyl (C=O) groups is 1. The number of aromatic carboxylic acids is 1. The molecule has 0 aromatic heterocycles. The zero-order chi connectivity index (χ0) is 14.0. The van der Waals surface area contributed by atoms with Crippen LogP contribution in [0.4, 0.5) is 0 Å². The number of hydrogen-bond donors (Lipinski definition) is 2. The molecule has 0 heterocycles. The van der Waals surface area contributed by atoms with Gasteiger partial charge in [0, 0.05) is 22.7 Å². The maximum Gasteiger partial charge on any atom is 0.336 e. The van der Waals surface area contributed by atoms with Crippen molar-refractivity contribution in [3.05, 3.63) is 54.1 Å². The SMILES string of the molecule is C=C(NC(C)C)c1cccc2cccc(C(=O)O)c12. The highest BCUT2D eigenvalue weighted by Gasteiger charge is 2.13. The lowest BCUT2D eigenvalue weighted by atomic mass is 9.97. The number of nitrogens with one attached hydrogen (secondary N) is 1. The average Bonchev–Trinajstić information content (AvgIpc) is 2.36. The van der Waals surface area contributed by atoms with Gasteiger partial charge in [-0.2, -0.15) is 0 Å². The summed E-state index contributed by atoms with van der Waals surface area (Å²) in [5.41, 5.74) is 1.89. The molecular weight excluding hydrogens is 238 g/mol. The van der Waals surface area contributed by atoms with Crippen molar-refractivity contribution in [2.24, 2.45) is 0 Å². The van der Waals surface area contributed by atoms with Gasteiger partial charge in [0.1, 0.15) is 0 Å². The fourth-order valence-corrected chi connectivity index (χ4v) is 2.20. The molecule has 0 saturated carbocycles. The molecule has 3 nitrogen and oxygen atoms in total. The van der Waals surface area contributed by atoms with E-state index in [0.717, 1.165) is 22.0 Å². The van der Waals surface area contributed by atoms with Crippen LogP contribution in [0.1, 0.15) is 29.8 Å². The average molecular weight is 255 g/mol. The molecule has 2 N–H and O–H groups in total. The molecule has 0 spiro atoms. The van der Waals surface area contributed by atoms with Gasteiger partial charge in [-0.3, -0.25) is 0 Å². The first kappa shape index (κ1) is 13.1. The van der Waals surface area contributed by atoms with Crippen molar-refractivity contribution in [2.75, 3.05) is 0 Å². The first-order chi connectivity index (χ1) is 9.00. The summed E-state index contributed by atoms with van der Waals surface area (Å²) < 4.78 is 0. The van der Waals surface area contributed by atoms with E-state index in [0.29, 0.717) is 5.56 Å². The quantitative estimate of drug-likeness (QED) is 0.879. The van der Waals surface area contributed by atoms with Crippen LogP contribution in [0.2, 0.25) is 0 Å². The normalized spacial score (nSPS) is 10.7. The van der Waals surface area contributed by atoms with Gasteiger partial charge >= 0.3 is 5.97 Å². The lowest BCUT2D eigenvalue weighted by Crippen LogP contribution is -2.20. The van der Waals surface area contributed by atoms with Gasteiger partial charge in [0.2, 0.25) is 0 Å². The topological polar surface area (TPSA) is 49.3 Å². The summed E-state index contributed by atoms with van der Waals surface area (Å²) in [6.45, 7) is 8.06. The highest BCUT2D eigenvalue weighted by atomic mass is 16.4. The number of carboxylic acid groups (broad SMARTS) is 1. The van der Waals surface area contributed by atoms with E-state index in [2.05, 4.69) is 11.9 Å². The fourth-order valence-electron chi connectivity index (χ4n) is 2.20. The van der Waals surface area contributed by atoms with Crippen LogP contribution in [0.3, 0.4) is 0 Å². The second-order valence-electron chi connectivity index (χ2n) is 4.79. The zero-order valence-electron chi connectivity index (χ0n) is 11.1. The predicted octanol–water partition coefficient (Wildman–Crippen LogP) is 3.51. The molecule has 0 aliphatic heterocycles. The van der Waals surface area contributed by atoms with Gasteiger partial charge in [-0.25, -0.2) is 4.79 Å². The van der Waals surface area contributed by atoms with E-state index in [1.54, 1.807) is 12.1 Å². The molecule has 2 aromatic rings. The van der Waals surface area contributed by atoms with Crippen molar-refractivity contribution in [1.29, 1.82) is 0 Å². The van der Waals surface area contributed by atoms with Crippen molar-refractivity contribution >= 4 is 22.4 Å². The summed E-state index contributed by atoms with van der Waals surface area (Å²) >= 11 is 0. The van der Waals surface area contributed by atoms with Gasteiger partial charge in [0.05, 0.1) is 5.56 Å². The van der Waals surface area contributed by atoms with Gasteiger partial charge in [0.25, 0.3) is 0 Å². The third-order valence-corrected chi connectivity index (χ3v) is 2.92. The second kappa shape index (κ2) is 5.14. The summed E-state index contributed by atoms with van der Waals surface area (Å²) in [7, 11) is 0. The Bertz CT molecular complexity index is 639. The minimum Gasteiger partial charge on any atom is -0.478 e. The Morgan fingerprint density at radius 2 is 1.74 bits per heavy atom. The summed E-state index contributed by atoms with van der Waals surface area (Å²) in [6.07, 6.45) is 0. The summed E-state index contributed by atoms with van der Waals surface area (Å²) in [4.78, 5) is 11.4. The molecule has 0 saturated heterocycles. The summed E-state index contributed by atoms with van der Waals surface area (Å²) in [6, 6.07) is 11.3. The van der Waals surface area contributed by atoms with Gasteiger partial charge in [-0.1, -0.05) is 36.9 Å². The Morgan fingerprint density at radius 3 is 2.26 bits per heavy atom. The first-order valence-electron chi connectivity index (χ1n) is 6.21. The third kappa shape index (κ3) is 2.60. The number of rotatable bonds is 4. The fraction of sp³-hybridized carbons (Fsp3) is 0.188. The molecule has 98 valence electrons. The minimum absolute atomic E-state index is 0.250. The zero-order valence-corrected chi connectivity index (χ0v) is 11.1. The molecule has 0 unspecified atom stereocenters. The highest BCUT2D eigenvalue weighted by molar-refractivity contribution is 6.07. The maximum absolute atomic E-state index is 11.4. The number of carboxylic acids is 1. The second-order valence-corrected chi connectivity index (χ2v) is 4.79. The molecule has 2 rings (SSSR count). The summed E-state index contributed by atoms with van der Waals surface area (Å²) in [5.74, 6) is -0.921. The third-order valence-electron chi connectivity index (χ3n) is 2.92. The van der Waals surface area contributed by atoms with Crippen molar-refractivity contribution in [3.8, 4) is 0 Å². The van der Waals surface area contributed by atoms with Crippen LogP contribution in [0.5, 0.6) is 0 Å². The largest absolute Gasteiger partial charge is 0.478 e. The molecule has 0 aliphatic carbocycles. The lowest BCUT2D eigenvalue weighted by Gasteiger charge is -2.16. The lowest BCUT2D eigenvalue weighted by molar-refractivity contribution is 0.0699. The van der Waals surface area contributed by atoms with Crippen molar-refractivity contribution in [2.45, 2.75) is 19.9 Å². The van der Waals surface area contributed by atoms with E-state index in [1.807, 2.05) is 38.1 Å². The van der Waals surface area contributed by atoms with Crippen LogP contribution in [0.25, 0.3) is 16.5 Å². The Labute approximate surface area is 112 Å². The maximum atomic E-state index is 11.4. The number of benzene rings is 2. The van der Waals surface area contributed by atoms with Crippen molar-refractivity contribution in [1.82, 2.24) is 5.32 Å². The molecule has 3 heteroatoms. The van der Waals surface area contributed by atoms with Crippen LogP contribution in [-0.2, 0) is 0 Å². The molecular formula is C16H17NO2. The Kier molecular flexibility index (Phi) is 3.56. The molecule has 2 aromatic carbocycles. The highest BCUT2D eigenvalue weighted by Crippen LogP contribution is 2.27. The minimum atomic E-state index is -0.921. The van der Waals surface area contributed by atoms with Gasteiger partial charge in [0.15, 0.2) is 0 Å². The van der Waals surface area contributed by atoms with Crippen LogP contribution >= 0.6 is 0 Å². The smallest absolute Gasteiger partial charge is 0.336 e. The van der Waals surface area contributed by atoms with E-state index in [-0.39, 0.29) is 6.04 Å². The monoisotopic (exact) mass is 255 g/mol. The molecule has 0 bridgehead atoms. The standard InChI is InChI=1S/C16H17NO2/c1-10(2)17-11(3)13-8-4-6-12-7-5-9-14(15(12)13)16(18)19/h4-10,17H,3H2,1-2H3,(H,18,19). The van der Waals surface area contributed by atoms with Gasteiger partial charge < -0.3 is 10.4 Å². The predicted molar refractivity (Wildman–Crippen MR) is 78.2 cm³/mol. The molecule has 19 heavy (non-hydrogen) atoms. The first-order valence-corrected chi connectivity index (χ1v) is 6.21. The van der Waals surface area contributed by atoms with E-state index in [4.69, 9.17) is 0 Å². The van der Waals surface area contributed by atoms with Crippen LogP contribution in [-0.4, -0.2) is 17.1 Å². The number of hydrogen-bond acceptors (Lipinski definition) is 2. The Hall–Kier alpha value is -2.29. The van der Waals surface area contributed by atoms with E-state index >= 15 is 0 Å². The van der Waals surface area contributed by atoms with E-state index < -0.39 is 5.97 Å². The molecule has 0 aliphatic rings. The molecule has 0 radical (unpaired) electrons. The Balaban J connectivity index is 2.67. The van der Waals surface area contributed by atoms with Gasteiger partial charge in [-0.05, 0) is 25.3 Å². The van der Waals surface area contributed by atoms with Crippen LogP contribution in [0.15, 0.2) is 43.0 Å². The molecule has 0 atom stereocenters. The van der Waals surface area contributed by atoms with Gasteiger partial charge in [-0.15, -0.1) is 0 Å². The van der Waals surface area contributed by atoms with Crippen LogP contribution in [0, 0.1) is 0 Å². The van der Waals surface area contributed by atoms with E-state index in [9.17, 15) is 9.90 Å². The van der Waals surface area contributed by atoms with E-state index in [1.165, 1.54) is 0 Å².